The molecule has 2 heterocycles. The van der Waals surface area contributed by atoms with Crippen molar-refractivity contribution in [2.45, 2.75) is 72.0 Å². The number of carbonyl (C=O) groups excluding carboxylic acids is 2. The first-order valence-electron chi connectivity index (χ1n) is 13.3. The van der Waals surface area contributed by atoms with E-state index in [4.69, 9.17) is 14.2 Å². The van der Waals surface area contributed by atoms with E-state index < -0.39 is 0 Å². The molecule has 0 saturated heterocycles. The number of ether oxygens (including phenoxy) is 3. The summed E-state index contributed by atoms with van der Waals surface area (Å²) in [5.41, 5.74) is 3.33. The maximum absolute atomic E-state index is 13.2. The summed E-state index contributed by atoms with van der Waals surface area (Å²) in [6.45, 7) is 8.88. The molecule has 0 aromatic heterocycles. The van der Waals surface area contributed by atoms with Crippen LogP contribution < -0.4 is 24.4 Å². The Labute approximate surface area is 219 Å². The van der Waals surface area contributed by atoms with Crippen LogP contribution in [0.5, 0.6) is 17.2 Å². The first-order valence-corrected chi connectivity index (χ1v) is 13.3. The second-order valence-electron chi connectivity index (χ2n) is 10.1. The maximum atomic E-state index is 13.2. The molecule has 2 aromatic carbocycles. The molecule has 2 amide bonds. The van der Waals surface area contributed by atoms with E-state index in [9.17, 15) is 9.59 Å². The zero-order valence-electron chi connectivity index (χ0n) is 22.5. The van der Waals surface area contributed by atoms with Crippen LogP contribution in [0.1, 0.15) is 74.4 Å². The van der Waals surface area contributed by atoms with Gasteiger partial charge in [-0.25, -0.2) is 0 Å². The van der Waals surface area contributed by atoms with E-state index in [2.05, 4.69) is 24.1 Å². The van der Waals surface area contributed by atoms with Crippen molar-refractivity contribution in [1.82, 2.24) is 10.2 Å². The van der Waals surface area contributed by atoms with Gasteiger partial charge in [-0.15, -0.1) is 0 Å². The number of hydrogen-bond acceptors (Lipinski definition) is 6. The molecule has 2 aliphatic heterocycles. The van der Waals surface area contributed by atoms with Crippen molar-refractivity contribution in [2.24, 2.45) is 0 Å². The molecule has 4 rings (SSSR count). The summed E-state index contributed by atoms with van der Waals surface area (Å²) in [5.74, 6) is 1.64. The van der Waals surface area contributed by atoms with Crippen molar-refractivity contribution >= 4 is 17.5 Å². The summed E-state index contributed by atoms with van der Waals surface area (Å²) in [4.78, 5) is 30.1. The summed E-state index contributed by atoms with van der Waals surface area (Å²) in [6.07, 6.45) is 5.64. The van der Waals surface area contributed by atoms with Crippen LogP contribution >= 0.6 is 0 Å². The molecule has 0 unspecified atom stereocenters. The summed E-state index contributed by atoms with van der Waals surface area (Å²) in [7, 11) is 1.58. The molecule has 8 nitrogen and oxygen atoms in total. The minimum Gasteiger partial charge on any atom is -0.493 e. The lowest BCUT2D eigenvalue weighted by Crippen LogP contribution is -2.35. The largest absolute Gasteiger partial charge is 0.493 e. The monoisotopic (exact) mass is 509 g/mol. The molecule has 0 aliphatic carbocycles. The van der Waals surface area contributed by atoms with Crippen molar-refractivity contribution in [3.63, 3.8) is 0 Å². The summed E-state index contributed by atoms with van der Waals surface area (Å²) in [6, 6.07) is 9.75. The lowest BCUT2D eigenvalue weighted by Gasteiger charge is -2.31. The van der Waals surface area contributed by atoms with Gasteiger partial charge >= 0.3 is 0 Å². The summed E-state index contributed by atoms with van der Waals surface area (Å²) >= 11 is 0. The third kappa shape index (κ3) is 6.55. The predicted molar refractivity (Wildman–Crippen MR) is 143 cm³/mol. The average Bonchev–Trinajstić information content (AvgIpc) is 3.35. The number of rotatable bonds is 5. The van der Waals surface area contributed by atoms with Crippen molar-refractivity contribution in [2.75, 3.05) is 31.9 Å². The highest BCUT2D eigenvalue weighted by Crippen LogP contribution is 2.41. The molecular weight excluding hydrogens is 470 g/mol. The topological polar surface area (TPSA) is 80.3 Å². The van der Waals surface area contributed by atoms with Crippen molar-refractivity contribution in [1.29, 1.82) is 0 Å². The van der Waals surface area contributed by atoms with Crippen LogP contribution in [0.15, 0.2) is 30.3 Å². The minimum absolute atomic E-state index is 0.0309. The van der Waals surface area contributed by atoms with Crippen molar-refractivity contribution in [3.8, 4) is 17.2 Å². The number of carbonyl (C=O) groups is 2. The Morgan fingerprint density at radius 1 is 1.03 bits per heavy atom. The quantitative estimate of drug-likeness (QED) is 0.619. The van der Waals surface area contributed by atoms with Crippen LogP contribution in [0, 0.1) is 0 Å². The van der Waals surface area contributed by atoms with Crippen molar-refractivity contribution < 1.29 is 23.8 Å². The van der Waals surface area contributed by atoms with E-state index in [-0.39, 0.29) is 18.6 Å². The first kappa shape index (κ1) is 26.8. The number of nitrogens with zero attached hydrogens (tertiary/aromatic N) is 2. The van der Waals surface area contributed by atoms with Gasteiger partial charge in [0, 0.05) is 43.9 Å². The molecule has 0 fully saturated rings. The van der Waals surface area contributed by atoms with E-state index in [1.807, 2.05) is 35.2 Å². The third-order valence-electron chi connectivity index (χ3n) is 7.11. The van der Waals surface area contributed by atoms with Gasteiger partial charge in [-0.3, -0.25) is 14.5 Å². The van der Waals surface area contributed by atoms with Gasteiger partial charge in [0.05, 0.1) is 7.11 Å². The van der Waals surface area contributed by atoms with Crippen LogP contribution in [0.3, 0.4) is 0 Å². The molecule has 0 atom stereocenters. The van der Waals surface area contributed by atoms with Gasteiger partial charge in [-0.1, -0.05) is 19.3 Å². The molecule has 1 N–H and O–H groups in total. The van der Waals surface area contributed by atoms with E-state index in [0.29, 0.717) is 48.5 Å². The van der Waals surface area contributed by atoms with E-state index in [1.54, 1.807) is 14.0 Å². The lowest BCUT2D eigenvalue weighted by atomic mass is 10.0. The highest BCUT2D eigenvalue weighted by Gasteiger charge is 2.22. The highest BCUT2D eigenvalue weighted by molar-refractivity contribution is 5.97. The third-order valence-corrected chi connectivity index (χ3v) is 7.11. The Morgan fingerprint density at radius 2 is 1.78 bits per heavy atom. The Balaban J connectivity index is 1.57. The summed E-state index contributed by atoms with van der Waals surface area (Å²) in [5, 5.41) is 3.02. The van der Waals surface area contributed by atoms with E-state index in [1.165, 1.54) is 12.8 Å². The molecule has 2 aromatic rings. The standard InChI is InChI=1S/C29H39N3O5/c1-20(2)31-12-8-6-5-7-9-13-32(21(3)33)25-11-10-23(16-24(25)18-31)29(34)30-17-22-14-26(35-4)28-27(15-22)36-19-37-28/h10-11,14-16,20H,5-9,12-13,17-19H2,1-4H3,(H,30,34). The minimum atomic E-state index is -0.170. The number of benzene rings is 2. The number of hydrogen-bond donors (Lipinski definition) is 1. The fraction of sp³-hybridized carbons (Fsp3) is 0.517. The molecular formula is C29H39N3O5. The number of amides is 2. The fourth-order valence-corrected chi connectivity index (χ4v) is 4.99. The van der Waals surface area contributed by atoms with Crippen molar-refractivity contribution in [3.05, 3.63) is 47.0 Å². The molecule has 0 radical (unpaired) electrons. The van der Waals surface area contributed by atoms with Gasteiger partial charge < -0.3 is 24.4 Å². The van der Waals surface area contributed by atoms with E-state index >= 15 is 0 Å². The molecule has 2 aliphatic rings. The van der Waals surface area contributed by atoms with Crippen LogP contribution in [0.25, 0.3) is 0 Å². The van der Waals surface area contributed by atoms with Crippen LogP contribution in [0.4, 0.5) is 5.69 Å². The fourth-order valence-electron chi connectivity index (χ4n) is 4.99. The molecule has 200 valence electrons. The zero-order chi connectivity index (χ0) is 26.4. The number of fused-ring (bicyclic) bond motifs is 2. The highest BCUT2D eigenvalue weighted by atomic mass is 16.7. The molecule has 37 heavy (non-hydrogen) atoms. The van der Waals surface area contributed by atoms with Crippen LogP contribution in [-0.4, -0.2) is 49.7 Å². The zero-order valence-corrected chi connectivity index (χ0v) is 22.5. The second kappa shape index (κ2) is 12.3. The van der Waals surface area contributed by atoms with Gasteiger partial charge in [0.25, 0.3) is 5.91 Å². The smallest absolute Gasteiger partial charge is 0.251 e. The molecule has 0 bridgehead atoms. The number of anilines is 1. The van der Waals surface area contributed by atoms with Gasteiger partial charge in [-0.05, 0) is 74.7 Å². The van der Waals surface area contributed by atoms with Gasteiger partial charge in [-0.2, -0.15) is 0 Å². The molecule has 0 saturated carbocycles. The Kier molecular flexibility index (Phi) is 8.92. The Hall–Kier alpha value is -3.26. The molecule has 0 spiro atoms. The Bertz CT molecular complexity index is 1120. The average molecular weight is 510 g/mol. The molecule has 8 heteroatoms. The maximum Gasteiger partial charge on any atom is 0.251 e. The number of nitrogens with one attached hydrogen (secondary N) is 1. The SMILES string of the molecule is COc1cc(CNC(=O)c2ccc3c(c2)CN(C(C)C)CCCCCCCN3C(C)=O)cc2c1OCO2. The number of methoxy groups -OCH3 is 1. The van der Waals surface area contributed by atoms with E-state index in [0.717, 1.165) is 42.6 Å². The van der Waals surface area contributed by atoms with Gasteiger partial charge in [0.15, 0.2) is 11.5 Å². The second-order valence-corrected chi connectivity index (χ2v) is 10.1. The van der Waals surface area contributed by atoms with Gasteiger partial charge in [0.2, 0.25) is 18.4 Å². The Morgan fingerprint density at radius 3 is 2.51 bits per heavy atom. The van der Waals surface area contributed by atoms with Crippen LogP contribution in [0.2, 0.25) is 0 Å². The lowest BCUT2D eigenvalue weighted by molar-refractivity contribution is -0.116. The first-order chi connectivity index (χ1) is 17.9. The summed E-state index contributed by atoms with van der Waals surface area (Å²) < 4.78 is 16.4. The normalized spacial score (nSPS) is 16.5. The predicted octanol–water partition coefficient (Wildman–Crippen LogP) is 4.88. The van der Waals surface area contributed by atoms with Gasteiger partial charge in [0.1, 0.15) is 0 Å². The van der Waals surface area contributed by atoms with Crippen LogP contribution in [-0.2, 0) is 17.9 Å².